The third kappa shape index (κ3) is 5.60. The second kappa shape index (κ2) is 8.08. The molecular weight excluding hydrogens is 415 g/mol. The van der Waals surface area contributed by atoms with Crippen LogP contribution in [0.2, 0.25) is 0 Å². The molecule has 116 valence electrons. The van der Waals surface area contributed by atoms with Crippen molar-refractivity contribution in [2.45, 2.75) is 13.3 Å². The van der Waals surface area contributed by atoms with Crippen molar-refractivity contribution < 1.29 is 9.63 Å². The van der Waals surface area contributed by atoms with Crippen LogP contribution in [0.25, 0.3) is 0 Å². The van der Waals surface area contributed by atoms with Crippen molar-refractivity contribution in [3.8, 4) is 0 Å². The summed E-state index contributed by atoms with van der Waals surface area (Å²) in [6.07, 6.45) is 0.406. The Bertz CT molecular complexity index is 687. The molecule has 22 heavy (non-hydrogen) atoms. The lowest BCUT2D eigenvalue weighted by Gasteiger charge is -2.05. The maximum atomic E-state index is 11.7. The Morgan fingerprint density at radius 2 is 2.36 bits per heavy atom. The normalized spacial score (nSPS) is 11.3. The molecule has 1 aromatic carbocycles. The minimum absolute atomic E-state index is 0.192. The number of hydrogen-bond acceptors (Lipinski definition) is 5. The number of rotatable bonds is 6. The van der Waals surface area contributed by atoms with Crippen molar-refractivity contribution in [1.82, 2.24) is 4.98 Å². The highest BCUT2D eigenvalue weighted by atomic mass is 127. The summed E-state index contributed by atoms with van der Waals surface area (Å²) >= 11 is 3.73. The summed E-state index contributed by atoms with van der Waals surface area (Å²) in [5.41, 5.74) is 7.29. The van der Waals surface area contributed by atoms with Gasteiger partial charge < -0.3 is 15.9 Å². The van der Waals surface area contributed by atoms with Gasteiger partial charge in [-0.2, -0.15) is 0 Å². The third-order valence-corrected chi connectivity index (χ3v) is 4.01. The van der Waals surface area contributed by atoms with Gasteiger partial charge in [0, 0.05) is 14.6 Å². The molecule has 0 atom stereocenters. The fraction of sp³-hybridized carbons (Fsp3) is 0.214. The number of oxime groups is 1. The van der Waals surface area contributed by atoms with Crippen molar-refractivity contribution >= 4 is 51.4 Å². The Labute approximate surface area is 145 Å². The van der Waals surface area contributed by atoms with Crippen molar-refractivity contribution in [1.29, 1.82) is 0 Å². The van der Waals surface area contributed by atoms with Crippen LogP contribution in [0.1, 0.15) is 10.7 Å². The molecule has 3 N–H and O–H groups in total. The molecule has 0 spiro atoms. The van der Waals surface area contributed by atoms with Gasteiger partial charge in [0.15, 0.2) is 6.61 Å². The summed E-state index contributed by atoms with van der Waals surface area (Å²) in [6, 6.07) is 7.48. The number of amidine groups is 1. The molecule has 0 aliphatic heterocycles. The molecule has 2 aromatic rings. The van der Waals surface area contributed by atoms with Crippen LogP contribution in [-0.2, 0) is 16.1 Å². The van der Waals surface area contributed by atoms with Gasteiger partial charge in [-0.1, -0.05) is 11.2 Å². The largest absolute Gasteiger partial charge is 0.384 e. The molecule has 1 aromatic heterocycles. The molecule has 1 heterocycles. The lowest BCUT2D eigenvalue weighted by molar-refractivity contribution is -0.120. The first kappa shape index (κ1) is 16.7. The Morgan fingerprint density at radius 1 is 1.55 bits per heavy atom. The van der Waals surface area contributed by atoms with Gasteiger partial charge >= 0.3 is 0 Å². The summed E-state index contributed by atoms with van der Waals surface area (Å²) in [5, 5.41) is 9.34. The highest BCUT2D eigenvalue weighted by Crippen LogP contribution is 2.12. The van der Waals surface area contributed by atoms with E-state index in [9.17, 15) is 4.79 Å². The molecule has 6 nitrogen and oxygen atoms in total. The van der Waals surface area contributed by atoms with Crippen LogP contribution in [-0.4, -0.2) is 23.3 Å². The average molecular weight is 430 g/mol. The number of nitrogens with zero attached hydrogens (tertiary/aromatic N) is 2. The van der Waals surface area contributed by atoms with E-state index in [4.69, 9.17) is 10.6 Å². The van der Waals surface area contributed by atoms with Gasteiger partial charge in [0.25, 0.3) is 5.91 Å². The van der Waals surface area contributed by atoms with E-state index in [1.54, 1.807) is 11.3 Å². The fourth-order valence-electron chi connectivity index (χ4n) is 1.64. The number of halogens is 1. The number of carbonyl (C=O) groups excluding carboxylic acids is 1. The highest BCUT2D eigenvalue weighted by molar-refractivity contribution is 14.1. The second-order valence-electron chi connectivity index (χ2n) is 4.45. The molecule has 0 aliphatic rings. The lowest BCUT2D eigenvalue weighted by atomic mass is 10.3. The average Bonchev–Trinajstić information content (AvgIpc) is 2.84. The summed E-state index contributed by atoms with van der Waals surface area (Å²) in [5.74, 6) is -0.00425. The molecule has 0 saturated heterocycles. The number of benzene rings is 1. The van der Waals surface area contributed by atoms with E-state index in [2.05, 4.69) is 38.0 Å². The molecule has 0 saturated carbocycles. The molecule has 0 fully saturated rings. The molecule has 0 radical (unpaired) electrons. The van der Waals surface area contributed by atoms with Gasteiger partial charge in [-0.15, -0.1) is 11.3 Å². The van der Waals surface area contributed by atoms with Crippen molar-refractivity contribution in [3.05, 3.63) is 43.9 Å². The summed E-state index contributed by atoms with van der Waals surface area (Å²) in [6.45, 7) is 1.73. The second-order valence-corrected chi connectivity index (χ2v) is 6.76. The van der Waals surface area contributed by atoms with E-state index in [1.165, 1.54) is 0 Å². The van der Waals surface area contributed by atoms with Crippen LogP contribution in [0.5, 0.6) is 0 Å². The molecule has 1 amide bonds. The first-order chi connectivity index (χ1) is 10.5. The summed E-state index contributed by atoms with van der Waals surface area (Å²) < 4.78 is 1.04. The fourth-order valence-corrected chi connectivity index (χ4v) is 2.80. The highest BCUT2D eigenvalue weighted by Gasteiger charge is 2.05. The van der Waals surface area contributed by atoms with Crippen LogP contribution in [0.15, 0.2) is 34.8 Å². The van der Waals surface area contributed by atoms with Crippen molar-refractivity contribution in [2.75, 3.05) is 11.9 Å². The van der Waals surface area contributed by atoms with Crippen LogP contribution in [0.3, 0.4) is 0 Å². The zero-order chi connectivity index (χ0) is 15.9. The molecule has 0 aliphatic carbocycles. The van der Waals surface area contributed by atoms with E-state index in [0.29, 0.717) is 6.42 Å². The number of aromatic nitrogens is 1. The Morgan fingerprint density at radius 3 is 3.05 bits per heavy atom. The van der Waals surface area contributed by atoms with Gasteiger partial charge in [-0.05, 0) is 47.7 Å². The number of thiazole rings is 1. The monoisotopic (exact) mass is 430 g/mol. The topological polar surface area (TPSA) is 89.6 Å². The molecule has 0 unspecified atom stereocenters. The zero-order valence-electron chi connectivity index (χ0n) is 11.9. The van der Waals surface area contributed by atoms with Gasteiger partial charge in [0.2, 0.25) is 0 Å². The molecular formula is C14H15IN4O2S. The van der Waals surface area contributed by atoms with Crippen LogP contribution in [0.4, 0.5) is 5.69 Å². The van der Waals surface area contributed by atoms with E-state index >= 15 is 0 Å². The maximum Gasteiger partial charge on any atom is 0.265 e. The third-order valence-electron chi connectivity index (χ3n) is 2.51. The smallest absolute Gasteiger partial charge is 0.265 e. The summed E-state index contributed by atoms with van der Waals surface area (Å²) in [4.78, 5) is 21.0. The van der Waals surface area contributed by atoms with Crippen molar-refractivity contribution in [2.24, 2.45) is 10.9 Å². The SMILES string of the molecule is Cc1nc(C/C(N)=N\OCC(=O)Nc2cccc(I)c2)cs1. The van der Waals surface area contributed by atoms with Gasteiger partial charge in [0.05, 0.1) is 17.1 Å². The van der Waals surface area contributed by atoms with E-state index in [0.717, 1.165) is 20.0 Å². The molecule has 8 heteroatoms. The van der Waals surface area contributed by atoms with E-state index in [1.807, 2.05) is 36.6 Å². The zero-order valence-corrected chi connectivity index (χ0v) is 14.8. The number of carbonyl (C=O) groups is 1. The minimum Gasteiger partial charge on any atom is -0.384 e. The first-order valence-corrected chi connectivity index (χ1v) is 8.39. The Balaban J connectivity index is 1.77. The first-order valence-electron chi connectivity index (χ1n) is 6.43. The number of hydrogen-bond donors (Lipinski definition) is 2. The quantitative estimate of drug-likeness (QED) is 0.319. The van der Waals surface area contributed by atoms with E-state index < -0.39 is 0 Å². The lowest BCUT2D eigenvalue weighted by Crippen LogP contribution is -2.20. The number of aryl methyl sites for hydroxylation is 1. The van der Waals surface area contributed by atoms with Crippen molar-refractivity contribution in [3.63, 3.8) is 0 Å². The maximum absolute atomic E-state index is 11.7. The minimum atomic E-state index is -0.289. The summed E-state index contributed by atoms with van der Waals surface area (Å²) in [7, 11) is 0. The van der Waals surface area contributed by atoms with Crippen LogP contribution in [0, 0.1) is 10.5 Å². The number of amides is 1. The van der Waals surface area contributed by atoms with Crippen LogP contribution < -0.4 is 11.1 Å². The van der Waals surface area contributed by atoms with Gasteiger partial charge in [-0.3, -0.25) is 4.79 Å². The number of nitrogens with two attached hydrogens (primary N) is 1. The van der Waals surface area contributed by atoms with Gasteiger partial charge in [-0.25, -0.2) is 4.98 Å². The standard InChI is InChI=1S/C14H15IN4O2S/c1-9-17-12(8-22-9)6-13(16)19-21-7-14(20)18-11-4-2-3-10(15)5-11/h2-5,8H,6-7H2,1H3,(H2,16,19)(H,18,20). The number of anilines is 1. The molecule has 0 bridgehead atoms. The van der Waals surface area contributed by atoms with E-state index in [-0.39, 0.29) is 18.3 Å². The Hall–Kier alpha value is -1.68. The Kier molecular flexibility index (Phi) is 6.13. The predicted octanol–water partition coefficient (Wildman–Crippen LogP) is 2.53. The predicted molar refractivity (Wildman–Crippen MR) is 95.9 cm³/mol. The molecule has 2 rings (SSSR count). The van der Waals surface area contributed by atoms with Crippen LogP contribution >= 0.6 is 33.9 Å². The number of nitrogens with one attached hydrogen (secondary N) is 1. The van der Waals surface area contributed by atoms with Gasteiger partial charge in [0.1, 0.15) is 5.84 Å².